The van der Waals surface area contributed by atoms with Crippen LogP contribution in [0.2, 0.25) is 0 Å². The predicted molar refractivity (Wildman–Crippen MR) is 120 cm³/mol. The van der Waals surface area contributed by atoms with E-state index in [-0.39, 0.29) is 18.0 Å². The highest BCUT2D eigenvalue weighted by Crippen LogP contribution is 2.24. The number of carbonyl (C=O) groups is 2. The minimum absolute atomic E-state index is 0.181. The van der Waals surface area contributed by atoms with Gasteiger partial charge in [-0.05, 0) is 83.9 Å². The molecular weight excluding hydrogens is 446 g/mol. The Morgan fingerprint density at radius 1 is 0.900 bits per heavy atom. The molecule has 0 unspecified atom stereocenters. The van der Waals surface area contributed by atoms with Crippen molar-refractivity contribution in [2.45, 2.75) is 26.6 Å². The van der Waals surface area contributed by atoms with Crippen LogP contribution in [-0.2, 0) is 11.3 Å². The van der Waals surface area contributed by atoms with Crippen LogP contribution in [0.5, 0.6) is 5.75 Å². The van der Waals surface area contributed by atoms with Crippen LogP contribution in [0.15, 0.2) is 77.3 Å². The van der Waals surface area contributed by atoms with Crippen LogP contribution in [0.1, 0.15) is 40.1 Å². The number of para-hydroxylation sites is 1. The Balaban J connectivity index is 1.57. The topological polar surface area (TPSA) is 64.6 Å². The monoisotopic (exact) mass is 467 g/mol. The second-order valence-corrected chi connectivity index (χ2v) is 7.76. The van der Waals surface area contributed by atoms with Crippen molar-refractivity contribution in [2.24, 2.45) is 0 Å². The largest absolute Gasteiger partial charge is 0.488 e. The van der Waals surface area contributed by atoms with Gasteiger partial charge in [-0.1, -0.05) is 24.3 Å². The molecule has 0 spiro atoms. The minimum atomic E-state index is -0.386. The fourth-order valence-corrected chi connectivity index (χ4v) is 3.05. The summed E-state index contributed by atoms with van der Waals surface area (Å²) in [6.07, 6.45) is -0.181. The first-order chi connectivity index (χ1) is 14.4. The molecule has 3 rings (SSSR count). The average Bonchev–Trinajstić information content (AvgIpc) is 2.73. The molecule has 3 aromatic carbocycles. The van der Waals surface area contributed by atoms with Gasteiger partial charge in [-0.15, -0.1) is 0 Å². The number of benzene rings is 3. The molecule has 0 fully saturated rings. The van der Waals surface area contributed by atoms with E-state index in [1.807, 2.05) is 36.4 Å². The van der Waals surface area contributed by atoms with Gasteiger partial charge in [0.25, 0.3) is 5.91 Å². The van der Waals surface area contributed by atoms with Crippen LogP contribution < -0.4 is 10.1 Å². The van der Waals surface area contributed by atoms with E-state index in [2.05, 4.69) is 21.2 Å². The molecule has 0 aromatic heterocycles. The molecule has 0 aliphatic carbocycles. The molecule has 30 heavy (non-hydrogen) atoms. The quantitative estimate of drug-likeness (QED) is 0.442. The Bertz CT molecular complexity index is 1010. The lowest BCUT2D eigenvalue weighted by Crippen LogP contribution is -2.13. The molecule has 0 saturated heterocycles. The summed E-state index contributed by atoms with van der Waals surface area (Å²) in [5, 5.41) is 2.82. The maximum Gasteiger partial charge on any atom is 0.338 e. The lowest BCUT2D eigenvalue weighted by atomic mass is 10.1. The summed E-state index contributed by atoms with van der Waals surface area (Å²) in [5.41, 5.74) is 2.52. The van der Waals surface area contributed by atoms with Gasteiger partial charge in [0.15, 0.2) is 0 Å². The first-order valence-electron chi connectivity index (χ1n) is 9.51. The summed E-state index contributed by atoms with van der Waals surface area (Å²) in [6, 6.07) is 21.5. The molecule has 1 amide bonds. The minimum Gasteiger partial charge on any atom is -0.488 e. The van der Waals surface area contributed by atoms with E-state index < -0.39 is 0 Å². The summed E-state index contributed by atoms with van der Waals surface area (Å²) < 4.78 is 11.8. The molecule has 154 valence electrons. The highest BCUT2D eigenvalue weighted by atomic mass is 79.9. The van der Waals surface area contributed by atoms with Crippen molar-refractivity contribution < 1.29 is 19.1 Å². The Hall–Kier alpha value is -3.12. The fraction of sp³-hybridized carbons (Fsp3) is 0.167. The lowest BCUT2D eigenvalue weighted by molar-refractivity contribution is 0.0378. The number of halogens is 1. The first kappa shape index (κ1) is 21.6. The van der Waals surface area contributed by atoms with Crippen molar-refractivity contribution in [3.05, 3.63) is 94.0 Å². The Morgan fingerprint density at radius 3 is 2.17 bits per heavy atom. The van der Waals surface area contributed by atoms with E-state index in [0.717, 1.165) is 15.8 Å². The third kappa shape index (κ3) is 5.94. The zero-order valence-corrected chi connectivity index (χ0v) is 18.3. The van der Waals surface area contributed by atoms with E-state index >= 15 is 0 Å². The highest BCUT2D eigenvalue weighted by molar-refractivity contribution is 9.10. The average molecular weight is 468 g/mol. The summed E-state index contributed by atoms with van der Waals surface area (Å²) in [6.45, 7) is 3.99. The maximum atomic E-state index is 12.5. The van der Waals surface area contributed by atoms with Crippen LogP contribution in [-0.4, -0.2) is 18.0 Å². The molecule has 0 radical (unpaired) electrons. The SMILES string of the molecule is CC(C)OC(=O)c1ccc(NC(=O)c2ccc(COc3ccccc3Br)cc2)cc1. The zero-order chi connectivity index (χ0) is 21.5. The predicted octanol–water partition coefficient (Wildman–Crippen LogP) is 5.85. The molecule has 0 bridgehead atoms. The number of rotatable bonds is 7. The molecule has 0 heterocycles. The standard InChI is InChI=1S/C24H22BrNO4/c1-16(2)30-24(28)19-11-13-20(14-12-19)26-23(27)18-9-7-17(8-10-18)15-29-22-6-4-3-5-21(22)25/h3-14,16H,15H2,1-2H3,(H,26,27). The van der Waals surface area contributed by atoms with E-state index in [0.29, 0.717) is 23.4 Å². The molecule has 0 saturated carbocycles. The van der Waals surface area contributed by atoms with Crippen molar-refractivity contribution in [1.29, 1.82) is 0 Å². The third-order valence-corrected chi connectivity index (χ3v) is 4.82. The normalized spacial score (nSPS) is 10.5. The molecule has 3 aromatic rings. The Labute approximate surface area is 184 Å². The van der Waals surface area contributed by atoms with Gasteiger partial charge in [-0.25, -0.2) is 4.79 Å². The van der Waals surface area contributed by atoms with Crippen molar-refractivity contribution in [2.75, 3.05) is 5.32 Å². The summed E-state index contributed by atoms with van der Waals surface area (Å²) in [5.74, 6) is 0.147. The number of anilines is 1. The number of hydrogen-bond donors (Lipinski definition) is 1. The lowest BCUT2D eigenvalue weighted by Gasteiger charge is -2.10. The van der Waals surface area contributed by atoms with E-state index in [4.69, 9.17) is 9.47 Å². The molecule has 0 aliphatic rings. The van der Waals surface area contributed by atoms with E-state index in [1.54, 1.807) is 50.2 Å². The molecule has 5 nitrogen and oxygen atoms in total. The number of amides is 1. The smallest absolute Gasteiger partial charge is 0.338 e. The van der Waals surface area contributed by atoms with Gasteiger partial charge in [-0.2, -0.15) is 0 Å². The van der Waals surface area contributed by atoms with E-state index in [9.17, 15) is 9.59 Å². The van der Waals surface area contributed by atoms with Gasteiger partial charge in [0, 0.05) is 11.3 Å². The van der Waals surface area contributed by atoms with Gasteiger partial charge in [-0.3, -0.25) is 4.79 Å². The Morgan fingerprint density at radius 2 is 1.53 bits per heavy atom. The number of ether oxygens (including phenoxy) is 2. The van der Waals surface area contributed by atoms with Crippen LogP contribution in [0.25, 0.3) is 0 Å². The number of hydrogen-bond acceptors (Lipinski definition) is 4. The van der Waals surface area contributed by atoms with Crippen LogP contribution in [0.4, 0.5) is 5.69 Å². The van der Waals surface area contributed by atoms with Crippen LogP contribution in [0, 0.1) is 0 Å². The molecule has 0 aliphatic heterocycles. The first-order valence-corrected chi connectivity index (χ1v) is 10.3. The fourth-order valence-electron chi connectivity index (χ4n) is 2.65. The maximum absolute atomic E-state index is 12.5. The number of nitrogens with one attached hydrogen (secondary N) is 1. The third-order valence-electron chi connectivity index (χ3n) is 4.17. The summed E-state index contributed by atoms with van der Waals surface area (Å²) in [7, 11) is 0. The molecular formula is C24H22BrNO4. The van der Waals surface area contributed by atoms with Crippen LogP contribution in [0.3, 0.4) is 0 Å². The van der Waals surface area contributed by atoms with Crippen molar-refractivity contribution in [3.8, 4) is 5.75 Å². The van der Waals surface area contributed by atoms with E-state index in [1.165, 1.54) is 0 Å². The summed E-state index contributed by atoms with van der Waals surface area (Å²) in [4.78, 5) is 24.4. The van der Waals surface area contributed by atoms with Crippen molar-refractivity contribution in [1.82, 2.24) is 0 Å². The molecule has 1 N–H and O–H groups in total. The second-order valence-electron chi connectivity index (χ2n) is 6.90. The Kier molecular flexibility index (Phi) is 7.25. The molecule has 6 heteroatoms. The number of carbonyl (C=O) groups excluding carboxylic acids is 2. The number of esters is 1. The van der Waals surface area contributed by atoms with Crippen LogP contribution >= 0.6 is 15.9 Å². The zero-order valence-electron chi connectivity index (χ0n) is 16.7. The van der Waals surface area contributed by atoms with Gasteiger partial charge in [0.2, 0.25) is 0 Å². The van der Waals surface area contributed by atoms with Crippen molar-refractivity contribution in [3.63, 3.8) is 0 Å². The summed E-state index contributed by atoms with van der Waals surface area (Å²) >= 11 is 3.45. The highest BCUT2D eigenvalue weighted by Gasteiger charge is 2.10. The van der Waals surface area contributed by atoms with Gasteiger partial charge in [0.1, 0.15) is 12.4 Å². The van der Waals surface area contributed by atoms with Gasteiger partial charge >= 0.3 is 5.97 Å². The van der Waals surface area contributed by atoms with Gasteiger partial charge < -0.3 is 14.8 Å². The van der Waals surface area contributed by atoms with Gasteiger partial charge in [0.05, 0.1) is 16.1 Å². The van der Waals surface area contributed by atoms with Crippen molar-refractivity contribution >= 4 is 33.5 Å². The molecule has 0 atom stereocenters. The second kappa shape index (κ2) is 10.1.